The number of fused-ring (bicyclic) bond motifs is 1. The van der Waals surface area contributed by atoms with Gasteiger partial charge in [0.25, 0.3) is 5.56 Å². The van der Waals surface area contributed by atoms with Crippen LogP contribution in [0.4, 0.5) is 0 Å². The number of sulfonamides is 1. The molecule has 7 nitrogen and oxygen atoms in total. The molecule has 1 aromatic carbocycles. The van der Waals surface area contributed by atoms with Crippen LogP contribution < -0.4 is 10.3 Å². The van der Waals surface area contributed by atoms with Crippen molar-refractivity contribution in [3.8, 4) is 5.75 Å². The summed E-state index contributed by atoms with van der Waals surface area (Å²) in [5.74, 6) is 0.538. The fourth-order valence-electron chi connectivity index (χ4n) is 2.22. The number of rotatable bonds is 6. The van der Waals surface area contributed by atoms with E-state index < -0.39 is 10.0 Å². The molecule has 3 rings (SSSR count). The molecule has 0 saturated carbocycles. The molecule has 0 N–H and O–H groups in total. The van der Waals surface area contributed by atoms with Crippen molar-refractivity contribution in [2.75, 3.05) is 20.7 Å². The fraction of sp³-hybridized carbons (Fsp3) is 0.250. The quantitative estimate of drug-likeness (QED) is 0.652. The van der Waals surface area contributed by atoms with Crippen LogP contribution in [0.15, 0.2) is 51.7 Å². The zero-order valence-corrected chi connectivity index (χ0v) is 15.4. The summed E-state index contributed by atoms with van der Waals surface area (Å²) in [6.07, 6.45) is 1.51. The largest absolute Gasteiger partial charge is 0.492 e. The maximum Gasteiger partial charge on any atom is 0.271 e. The topological polar surface area (TPSA) is 81.5 Å². The molecule has 0 atom stereocenters. The smallest absolute Gasteiger partial charge is 0.271 e. The third kappa shape index (κ3) is 3.58. The van der Waals surface area contributed by atoms with Crippen LogP contribution in [0.5, 0.6) is 5.75 Å². The molecule has 0 radical (unpaired) electrons. The first-order chi connectivity index (χ1) is 11.9. The number of aromatic nitrogens is 2. The van der Waals surface area contributed by atoms with Crippen molar-refractivity contribution in [3.63, 3.8) is 0 Å². The average molecular weight is 379 g/mol. The second-order valence-electron chi connectivity index (χ2n) is 5.49. The molecule has 0 aliphatic heterocycles. The summed E-state index contributed by atoms with van der Waals surface area (Å²) >= 11 is 1.37. The van der Waals surface area contributed by atoms with Gasteiger partial charge >= 0.3 is 0 Å². The molecule has 132 valence electrons. The van der Waals surface area contributed by atoms with Crippen molar-refractivity contribution in [2.45, 2.75) is 11.4 Å². The van der Waals surface area contributed by atoms with E-state index in [1.807, 2.05) is 11.4 Å². The van der Waals surface area contributed by atoms with E-state index in [4.69, 9.17) is 4.74 Å². The van der Waals surface area contributed by atoms with Crippen molar-refractivity contribution in [2.24, 2.45) is 0 Å². The lowest BCUT2D eigenvalue weighted by Crippen LogP contribution is -2.23. The molecule has 0 fully saturated rings. The molecule has 0 bridgehead atoms. The molecule has 0 spiro atoms. The second kappa shape index (κ2) is 6.95. The monoisotopic (exact) mass is 379 g/mol. The van der Waals surface area contributed by atoms with Crippen molar-refractivity contribution >= 4 is 31.6 Å². The maximum absolute atomic E-state index is 12.3. The Hall–Kier alpha value is -2.23. The minimum absolute atomic E-state index is 0.0870. The molecular formula is C16H17N3O4S2. The number of nitrogens with zero attached hydrogens (tertiary/aromatic N) is 3. The summed E-state index contributed by atoms with van der Waals surface area (Å²) in [5.41, 5.74) is 0.612. The highest BCUT2D eigenvalue weighted by Gasteiger charge is 2.16. The standard InChI is InChI=1S/C16H17N3O4S2/c1-18(2)25(21,22)13-5-3-12(4-6-13)23-9-8-19-11-17-14-7-10-24-15(14)16(19)20/h3-7,10-11H,8-9H2,1-2H3. The highest BCUT2D eigenvalue weighted by atomic mass is 32.2. The maximum atomic E-state index is 12.3. The summed E-state index contributed by atoms with van der Waals surface area (Å²) in [7, 11) is -0.489. The van der Waals surface area contributed by atoms with E-state index in [9.17, 15) is 13.2 Å². The Kier molecular flexibility index (Phi) is 4.89. The van der Waals surface area contributed by atoms with Gasteiger partial charge in [0.15, 0.2) is 0 Å². The minimum atomic E-state index is -3.45. The predicted molar refractivity (Wildman–Crippen MR) is 96.7 cm³/mol. The Labute approximate surface area is 149 Å². The molecule has 0 unspecified atom stereocenters. The van der Waals surface area contributed by atoms with Crippen molar-refractivity contribution < 1.29 is 13.2 Å². The highest BCUT2D eigenvalue weighted by Crippen LogP contribution is 2.18. The zero-order chi connectivity index (χ0) is 18.0. The van der Waals surface area contributed by atoms with Gasteiger partial charge in [0, 0.05) is 14.1 Å². The highest BCUT2D eigenvalue weighted by molar-refractivity contribution is 7.89. The van der Waals surface area contributed by atoms with E-state index in [-0.39, 0.29) is 17.1 Å². The van der Waals surface area contributed by atoms with Crippen LogP contribution in [0.25, 0.3) is 10.2 Å². The van der Waals surface area contributed by atoms with E-state index in [0.29, 0.717) is 22.5 Å². The Balaban J connectivity index is 1.66. The molecule has 9 heteroatoms. The van der Waals surface area contributed by atoms with Crippen LogP contribution in [-0.2, 0) is 16.6 Å². The van der Waals surface area contributed by atoms with Gasteiger partial charge in [0.2, 0.25) is 10.0 Å². The van der Waals surface area contributed by atoms with Crippen molar-refractivity contribution in [1.82, 2.24) is 13.9 Å². The van der Waals surface area contributed by atoms with Crippen molar-refractivity contribution in [1.29, 1.82) is 0 Å². The van der Waals surface area contributed by atoms with Crippen LogP contribution >= 0.6 is 11.3 Å². The summed E-state index contributed by atoms with van der Waals surface area (Å²) in [5, 5.41) is 1.84. The van der Waals surface area contributed by atoms with E-state index in [1.165, 1.54) is 48.5 Å². The van der Waals surface area contributed by atoms with Crippen LogP contribution in [-0.4, -0.2) is 43.0 Å². The Morgan fingerprint density at radius 3 is 2.60 bits per heavy atom. The lowest BCUT2D eigenvalue weighted by atomic mass is 10.3. The third-order valence-corrected chi connectivity index (χ3v) is 6.36. The molecule has 3 aromatic rings. The van der Waals surface area contributed by atoms with Gasteiger partial charge < -0.3 is 4.74 Å². The zero-order valence-electron chi connectivity index (χ0n) is 13.7. The van der Waals surface area contributed by atoms with E-state index in [2.05, 4.69) is 4.98 Å². The van der Waals surface area contributed by atoms with Gasteiger partial charge in [-0.3, -0.25) is 9.36 Å². The van der Waals surface area contributed by atoms with Gasteiger partial charge in [-0.25, -0.2) is 17.7 Å². The first kappa shape index (κ1) is 17.6. The van der Waals surface area contributed by atoms with Gasteiger partial charge in [-0.05, 0) is 35.7 Å². The average Bonchev–Trinajstić information content (AvgIpc) is 3.07. The van der Waals surface area contributed by atoms with Gasteiger partial charge in [0.05, 0.1) is 23.3 Å². The number of benzene rings is 1. The number of ether oxygens (including phenoxy) is 1. The minimum Gasteiger partial charge on any atom is -0.492 e. The van der Waals surface area contributed by atoms with Crippen LogP contribution in [0.1, 0.15) is 0 Å². The molecule has 2 aromatic heterocycles. The third-order valence-electron chi connectivity index (χ3n) is 3.64. The Bertz CT molecular complexity index is 1040. The lowest BCUT2D eigenvalue weighted by molar-refractivity contribution is 0.296. The van der Waals surface area contributed by atoms with Crippen LogP contribution in [0.2, 0.25) is 0 Å². The normalized spacial score (nSPS) is 12.0. The number of hydrogen-bond donors (Lipinski definition) is 0. The van der Waals surface area contributed by atoms with Gasteiger partial charge in [-0.2, -0.15) is 0 Å². The van der Waals surface area contributed by atoms with Crippen LogP contribution in [0, 0.1) is 0 Å². The Morgan fingerprint density at radius 1 is 1.20 bits per heavy atom. The summed E-state index contributed by atoms with van der Waals surface area (Å²) in [6, 6.07) is 8.00. The Morgan fingerprint density at radius 2 is 1.92 bits per heavy atom. The molecule has 2 heterocycles. The SMILES string of the molecule is CN(C)S(=O)(=O)c1ccc(OCCn2cnc3ccsc3c2=O)cc1. The molecule has 0 amide bonds. The summed E-state index contributed by atoms with van der Waals surface area (Å²) in [6.45, 7) is 0.635. The van der Waals surface area contributed by atoms with Crippen molar-refractivity contribution in [3.05, 3.63) is 52.4 Å². The summed E-state index contributed by atoms with van der Waals surface area (Å²) in [4.78, 5) is 16.7. The fourth-order valence-corrected chi connectivity index (χ4v) is 3.91. The number of hydrogen-bond acceptors (Lipinski definition) is 6. The molecular weight excluding hydrogens is 362 g/mol. The first-order valence-electron chi connectivity index (χ1n) is 7.47. The molecule has 0 saturated heterocycles. The predicted octanol–water partition coefficient (Wildman–Crippen LogP) is 1.79. The molecule has 0 aliphatic carbocycles. The second-order valence-corrected chi connectivity index (χ2v) is 8.55. The van der Waals surface area contributed by atoms with Gasteiger partial charge in [-0.1, -0.05) is 0 Å². The van der Waals surface area contributed by atoms with Gasteiger partial charge in [0.1, 0.15) is 17.1 Å². The summed E-state index contributed by atoms with van der Waals surface area (Å²) < 4.78 is 32.9. The number of thiophene rings is 1. The van der Waals surface area contributed by atoms with E-state index >= 15 is 0 Å². The van der Waals surface area contributed by atoms with Crippen LogP contribution in [0.3, 0.4) is 0 Å². The van der Waals surface area contributed by atoms with E-state index in [1.54, 1.807) is 12.1 Å². The molecule has 25 heavy (non-hydrogen) atoms. The van der Waals surface area contributed by atoms with Gasteiger partial charge in [-0.15, -0.1) is 11.3 Å². The van der Waals surface area contributed by atoms with E-state index in [0.717, 1.165) is 4.31 Å². The first-order valence-corrected chi connectivity index (χ1v) is 9.79. The molecule has 0 aliphatic rings. The lowest BCUT2D eigenvalue weighted by Gasteiger charge is -2.12.